The van der Waals surface area contributed by atoms with Gasteiger partial charge in [-0.05, 0) is 31.2 Å². The van der Waals surface area contributed by atoms with Crippen molar-refractivity contribution in [2.45, 2.75) is 12.5 Å². The van der Waals surface area contributed by atoms with E-state index < -0.39 is 0 Å². The summed E-state index contributed by atoms with van der Waals surface area (Å²) in [5.74, 6) is -0.194. The van der Waals surface area contributed by atoms with Gasteiger partial charge >= 0.3 is 0 Å². The summed E-state index contributed by atoms with van der Waals surface area (Å²) >= 11 is 0. The van der Waals surface area contributed by atoms with Crippen molar-refractivity contribution < 1.29 is 4.39 Å². The molecule has 4 heteroatoms. The number of nitrogens with zero attached hydrogens (tertiary/aromatic N) is 1. The smallest absolute Gasteiger partial charge is 0.126 e. The van der Waals surface area contributed by atoms with Crippen LogP contribution in [0.2, 0.25) is 0 Å². The molecule has 1 aromatic heterocycles. The molecule has 1 atom stereocenters. The Hall–Kier alpha value is -1.94. The fourth-order valence-electron chi connectivity index (χ4n) is 1.96. The molecule has 0 radical (unpaired) electrons. The van der Waals surface area contributed by atoms with Gasteiger partial charge in [0.2, 0.25) is 0 Å². The first-order valence-electron chi connectivity index (χ1n) is 5.82. The maximum atomic E-state index is 13.6. The summed E-state index contributed by atoms with van der Waals surface area (Å²) in [6.07, 6.45) is 3.91. The third kappa shape index (κ3) is 2.65. The van der Waals surface area contributed by atoms with Crippen molar-refractivity contribution in [3.05, 3.63) is 59.7 Å². The molecule has 3 nitrogen and oxygen atoms in total. The molecular weight excluding hydrogens is 229 g/mol. The lowest BCUT2D eigenvalue weighted by atomic mass is 9.99. The van der Waals surface area contributed by atoms with E-state index in [1.165, 1.54) is 6.07 Å². The van der Waals surface area contributed by atoms with Crippen molar-refractivity contribution in [2.24, 2.45) is 0 Å². The van der Waals surface area contributed by atoms with Gasteiger partial charge < -0.3 is 11.1 Å². The van der Waals surface area contributed by atoms with E-state index in [9.17, 15) is 4.39 Å². The van der Waals surface area contributed by atoms with Crippen LogP contribution in [-0.4, -0.2) is 12.0 Å². The van der Waals surface area contributed by atoms with Crippen LogP contribution in [0.1, 0.15) is 17.2 Å². The zero-order valence-electron chi connectivity index (χ0n) is 10.2. The number of pyridine rings is 1. The summed E-state index contributed by atoms with van der Waals surface area (Å²) in [6, 6.07) is 8.47. The number of benzene rings is 1. The predicted molar refractivity (Wildman–Crippen MR) is 70.6 cm³/mol. The molecule has 0 amide bonds. The largest absolute Gasteiger partial charge is 0.398 e. The van der Waals surface area contributed by atoms with Crippen LogP contribution in [0.4, 0.5) is 10.1 Å². The van der Waals surface area contributed by atoms with Crippen molar-refractivity contribution in [2.75, 3.05) is 12.8 Å². The van der Waals surface area contributed by atoms with Gasteiger partial charge in [-0.3, -0.25) is 4.98 Å². The van der Waals surface area contributed by atoms with E-state index in [1.807, 2.05) is 13.1 Å². The van der Waals surface area contributed by atoms with Crippen LogP contribution in [0, 0.1) is 5.82 Å². The molecule has 2 aromatic rings. The maximum absolute atomic E-state index is 13.6. The molecule has 2 rings (SSSR count). The highest BCUT2D eigenvalue weighted by molar-refractivity contribution is 5.46. The van der Waals surface area contributed by atoms with Gasteiger partial charge in [0, 0.05) is 29.7 Å². The number of hydrogen-bond acceptors (Lipinski definition) is 3. The summed E-state index contributed by atoms with van der Waals surface area (Å²) in [4.78, 5) is 4.06. The highest BCUT2D eigenvalue weighted by Gasteiger charge is 2.14. The Balaban J connectivity index is 2.26. The number of anilines is 1. The molecule has 0 aliphatic carbocycles. The highest BCUT2D eigenvalue weighted by atomic mass is 19.1. The second-order valence-corrected chi connectivity index (χ2v) is 4.14. The standard InChI is InChI=1S/C14H16FN3/c1-17-14(11-9-18-7-6-13(11)16)8-10-4-2-3-5-12(10)15/h2-7,9,14,17H,8H2,1H3,(H2,16,18). The van der Waals surface area contributed by atoms with Crippen molar-refractivity contribution >= 4 is 5.69 Å². The van der Waals surface area contributed by atoms with E-state index >= 15 is 0 Å². The number of rotatable bonds is 4. The van der Waals surface area contributed by atoms with E-state index in [0.717, 1.165) is 5.56 Å². The zero-order chi connectivity index (χ0) is 13.0. The quantitative estimate of drug-likeness (QED) is 0.869. The number of likely N-dealkylation sites (N-methyl/N-ethyl adjacent to an activating group) is 1. The Morgan fingerprint density at radius 3 is 2.78 bits per heavy atom. The van der Waals surface area contributed by atoms with Crippen LogP contribution >= 0.6 is 0 Å². The number of hydrogen-bond donors (Lipinski definition) is 2. The lowest BCUT2D eigenvalue weighted by Gasteiger charge is -2.18. The minimum absolute atomic E-state index is 0.0457. The van der Waals surface area contributed by atoms with Gasteiger partial charge in [0.1, 0.15) is 5.82 Å². The van der Waals surface area contributed by atoms with Crippen molar-refractivity contribution in [1.82, 2.24) is 10.3 Å². The number of aromatic nitrogens is 1. The molecular formula is C14H16FN3. The van der Waals surface area contributed by atoms with Gasteiger partial charge in [-0.25, -0.2) is 4.39 Å². The number of nitrogens with one attached hydrogen (secondary N) is 1. The van der Waals surface area contributed by atoms with E-state index in [2.05, 4.69) is 10.3 Å². The topological polar surface area (TPSA) is 50.9 Å². The molecule has 18 heavy (non-hydrogen) atoms. The third-order valence-corrected chi connectivity index (χ3v) is 2.99. The van der Waals surface area contributed by atoms with E-state index in [1.54, 1.807) is 30.6 Å². The van der Waals surface area contributed by atoms with Gasteiger partial charge in [-0.2, -0.15) is 0 Å². The molecule has 94 valence electrons. The fraction of sp³-hybridized carbons (Fsp3) is 0.214. The number of halogens is 1. The molecule has 0 saturated heterocycles. The van der Waals surface area contributed by atoms with Gasteiger partial charge in [0.05, 0.1) is 0 Å². The number of nitrogens with two attached hydrogens (primary N) is 1. The van der Waals surface area contributed by atoms with Crippen LogP contribution in [0.3, 0.4) is 0 Å². The Bertz CT molecular complexity index is 528. The molecule has 0 bridgehead atoms. The number of nitrogen functional groups attached to an aromatic ring is 1. The first kappa shape index (κ1) is 12.5. The summed E-state index contributed by atoms with van der Waals surface area (Å²) in [7, 11) is 1.83. The summed E-state index contributed by atoms with van der Waals surface area (Å²) in [5, 5.41) is 3.15. The monoisotopic (exact) mass is 245 g/mol. The summed E-state index contributed by atoms with van der Waals surface area (Å²) in [5.41, 5.74) is 8.14. The molecule has 0 fully saturated rings. The van der Waals surface area contributed by atoms with E-state index in [-0.39, 0.29) is 11.9 Å². The first-order valence-corrected chi connectivity index (χ1v) is 5.82. The molecule has 3 N–H and O–H groups in total. The van der Waals surface area contributed by atoms with Gasteiger partial charge in [0.25, 0.3) is 0 Å². The van der Waals surface area contributed by atoms with Crippen molar-refractivity contribution in [3.63, 3.8) is 0 Å². The van der Waals surface area contributed by atoms with Gasteiger partial charge in [0.15, 0.2) is 0 Å². The average molecular weight is 245 g/mol. The second-order valence-electron chi connectivity index (χ2n) is 4.14. The van der Waals surface area contributed by atoms with E-state index in [0.29, 0.717) is 17.7 Å². The molecule has 0 saturated carbocycles. The van der Waals surface area contributed by atoms with Crippen LogP contribution in [0.5, 0.6) is 0 Å². The molecule has 0 aliphatic heterocycles. The SMILES string of the molecule is CNC(Cc1ccccc1F)c1cnccc1N. The van der Waals surface area contributed by atoms with Crippen LogP contribution in [0.15, 0.2) is 42.7 Å². The Morgan fingerprint density at radius 2 is 2.11 bits per heavy atom. The van der Waals surface area contributed by atoms with Crippen molar-refractivity contribution in [3.8, 4) is 0 Å². The van der Waals surface area contributed by atoms with Gasteiger partial charge in [-0.1, -0.05) is 18.2 Å². The molecule has 1 unspecified atom stereocenters. The van der Waals surface area contributed by atoms with E-state index in [4.69, 9.17) is 5.73 Å². The molecule has 1 heterocycles. The third-order valence-electron chi connectivity index (χ3n) is 2.99. The highest BCUT2D eigenvalue weighted by Crippen LogP contribution is 2.23. The van der Waals surface area contributed by atoms with Crippen LogP contribution < -0.4 is 11.1 Å². The molecule has 0 aliphatic rings. The maximum Gasteiger partial charge on any atom is 0.126 e. The fourth-order valence-corrected chi connectivity index (χ4v) is 1.96. The zero-order valence-corrected chi connectivity index (χ0v) is 10.2. The minimum atomic E-state index is -0.194. The Kier molecular flexibility index (Phi) is 3.89. The van der Waals surface area contributed by atoms with Crippen LogP contribution in [0.25, 0.3) is 0 Å². The lowest BCUT2D eigenvalue weighted by Crippen LogP contribution is -2.20. The average Bonchev–Trinajstić information content (AvgIpc) is 2.39. The first-order chi connectivity index (χ1) is 8.72. The molecule has 1 aromatic carbocycles. The Labute approximate surface area is 106 Å². The second kappa shape index (κ2) is 5.60. The normalized spacial score (nSPS) is 12.3. The summed E-state index contributed by atoms with van der Waals surface area (Å²) in [6.45, 7) is 0. The predicted octanol–water partition coefficient (Wildman–Crippen LogP) is 2.31. The minimum Gasteiger partial charge on any atom is -0.398 e. The lowest BCUT2D eigenvalue weighted by molar-refractivity contribution is 0.554. The Morgan fingerprint density at radius 1 is 1.33 bits per heavy atom. The molecule has 0 spiro atoms. The van der Waals surface area contributed by atoms with Crippen LogP contribution in [-0.2, 0) is 6.42 Å². The van der Waals surface area contributed by atoms with Gasteiger partial charge in [-0.15, -0.1) is 0 Å². The van der Waals surface area contributed by atoms with Crippen molar-refractivity contribution in [1.29, 1.82) is 0 Å². The summed E-state index contributed by atoms with van der Waals surface area (Å²) < 4.78 is 13.6.